The van der Waals surface area contributed by atoms with Crippen molar-refractivity contribution in [3.05, 3.63) is 28.2 Å². The Hall–Kier alpha value is -0.780. The molecule has 94 valence electrons. The smallest absolute Gasteiger partial charge is 0.306 e. The molecule has 0 aliphatic heterocycles. The Labute approximate surface area is 109 Å². The summed E-state index contributed by atoms with van der Waals surface area (Å²) in [5.41, 5.74) is 0. The molecule has 0 aliphatic rings. The average molecular weight is 297 g/mol. The third-order valence-corrected chi connectivity index (χ3v) is 4.69. The quantitative estimate of drug-likeness (QED) is 0.800. The van der Waals surface area contributed by atoms with E-state index in [1.165, 1.54) is 19.2 Å². The van der Waals surface area contributed by atoms with Gasteiger partial charge in [-0.2, -0.15) is 0 Å². The van der Waals surface area contributed by atoms with Gasteiger partial charge in [0.2, 0.25) is 0 Å². The Morgan fingerprint density at radius 2 is 1.82 bits per heavy atom. The van der Waals surface area contributed by atoms with Crippen LogP contribution in [0, 0.1) is 0 Å². The van der Waals surface area contributed by atoms with E-state index < -0.39 is 15.8 Å². The number of sulfone groups is 1. The first kappa shape index (κ1) is 14.3. The van der Waals surface area contributed by atoms with Gasteiger partial charge in [0.25, 0.3) is 0 Å². The minimum Gasteiger partial charge on any atom is -0.469 e. The zero-order chi connectivity index (χ0) is 13.1. The summed E-state index contributed by atoms with van der Waals surface area (Å²) in [5, 5.41) is 0.0877. The number of benzene rings is 1. The highest BCUT2D eigenvalue weighted by Crippen LogP contribution is 2.30. The van der Waals surface area contributed by atoms with Crippen molar-refractivity contribution in [2.45, 2.75) is 11.3 Å². The van der Waals surface area contributed by atoms with Gasteiger partial charge in [0.05, 0.1) is 29.3 Å². The van der Waals surface area contributed by atoms with Crippen LogP contribution in [0.3, 0.4) is 0 Å². The second kappa shape index (κ2) is 5.71. The molecule has 0 spiro atoms. The van der Waals surface area contributed by atoms with Crippen LogP contribution in [0.1, 0.15) is 6.42 Å². The van der Waals surface area contributed by atoms with Gasteiger partial charge >= 0.3 is 5.97 Å². The maximum Gasteiger partial charge on any atom is 0.306 e. The van der Waals surface area contributed by atoms with Gasteiger partial charge in [-0.3, -0.25) is 4.79 Å². The van der Waals surface area contributed by atoms with Gasteiger partial charge in [-0.25, -0.2) is 8.42 Å². The van der Waals surface area contributed by atoms with Crippen LogP contribution in [-0.4, -0.2) is 27.2 Å². The molecule has 0 saturated carbocycles. The number of hydrogen-bond donors (Lipinski definition) is 0. The molecule has 1 rings (SSSR count). The number of carbonyl (C=O) groups excluding carboxylic acids is 1. The Kier molecular flexibility index (Phi) is 4.80. The molecule has 0 atom stereocenters. The van der Waals surface area contributed by atoms with Crippen LogP contribution in [-0.2, 0) is 19.4 Å². The molecule has 0 fully saturated rings. The summed E-state index contributed by atoms with van der Waals surface area (Å²) in [7, 11) is -2.50. The Balaban J connectivity index is 3.02. The zero-order valence-electron chi connectivity index (χ0n) is 8.94. The van der Waals surface area contributed by atoms with Gasteiger partial charge in [-0.15, -0.1) is 0 Å². The van der Waals surface area contributed by atoms with Crippen LogP contribution >= 0.6 is 23.2 Å². The van der Waals surface area contributed by atoms with E-state index in [4.69, 9.17) is 23.2 Å². The Morgan fingerprint density at radius 3 is 2.29 bits per heavy atom. The molecule has 0 amide bonds. The van der Waals surface area contributed by atoms with Crippen LogP contribution in [0.2, 0.25) is 10.0 Å². The number of halogens is 2. The number of rotatable bonds is 4. The van der Waals surface area contributed by atoms with Crippen LogP contribution < -0.4 is 0 Å². The summed E-state index contributed by atoms with van der Waals surface area (Å²) in [6.45, 7) is 0. The molecule has 1 aromatic rings. The lowest BCUT2D eigenvalue weighted by molar-refractivity contribution is -0.140. The number of carbonyl (C=O) groups is 1. The van der Waals surface area contributed by atoms with E-state index in [0.717, 1.165) is 0 Å². The SMILES string of the molecule is COC(=O)CCS(=O)(=O)c1c(Cl)cccc1Cl. The van der Waals surface area contributed by atoms with E-state index in [1.54, 1.807) is 6.07 Å². The lowest BCUT2D eigenvalue weighted by Crippen LogP contribution is -2.13. The lowest BCUT2D eigenvalue weighted by Gasteiger charge is -2.07. The van der Waals surface area contributed by atoms with Crippen molar-refractivity contribution in [2.75, 3.05) is 12.9 Å². The van der Waals surface area contributed by atoms with Gasteiger partial charge in [-0.1, -0.05) is 29.3 Å². The average Bonchev–Trinajstić information content (AvgIpc) is 2.25. The fourth-order valence-corrected chi connectivity index (χ4v) is 3.67. The van der Waals surface area contributed by atoms with E-state index in [2.05, 4.69) is 4.74 Å². The van der Waals surface area contributed by atoms with Gasteiger partial charge in [0, 0.05) is 0 Å². The Bertz CT molecular complexity index is 505. The van der Waals surface area contributed by atoms with Crippen molar-refractivity contribution >= 4 is 39.0 Å². The fourth-order valence-electron chi connectivity index (χ4n) is 1.20. The number of esters is 1. The van der Waals surface area contributed by atoms with Crippen molar-refractivity contribution in [1.82, 2.24) is 0 Å². The first-order chi connectivity index (χ1) is 7.88. The number of ether oxygens (including phenoxy) is 1. The van der Waals surface area contributed by atoms with Gasteiger partial charge in [0.1, 0.15) is 4.90 Å². The first-order valence-corrected chi connectivity index (χ1v) is 7.03. The minimum absolute atomic E-state index is 0.0439. The second-order valence-corrected chi connectivity index (χ2v) is 6.06. The van der Waals surface area contributed by atoms with Crippen molar-refractivity contribution in [2.24, 2.45) is 0 Å². The highest BCUT2D eigenvalue weighted by molar-refractivity contribution is 7.91. The zero-order valence-corrected chi connectivity index (χ0v) is 11.3. The molecule has 0 aliphatic carbocycles. The van der Waals surface area contributed by atoms with Crippen molar-refractivity contribution < 1.29 is 17.9 Å². The summed E-state index contributed by atoms with van der Waals surface area (Å²) in [6, 6.07) is 4.40. The van der Waals surface area contributed by atoms with Gasteiger partial charge in [-0.05, 0) is 12.1 Å². The topological polar surface area (TPSA) is 60.4 Å². The molecule has 0 aromatic heterocycles. The molecular formula is C10H10Cl2O4S. The van der Waals surface area contributed by atoms with Crippen LogP contribution in [0.4, 0.5) is 0 Å². The van der Waals surface area contributed by atoms with Crippen molar-refractivity contribution in [1.29, 1.82) is 0 Å². The monoisotopic (exact) mass is 296 g/mol. The van der Waals surface area contributed by atoms with Crippen molar-refractivity contribution in [3.63, 3.8) is 0 Å². The molecule has 0 unspecified atom stereocenters. The van der Waals surface area contributed by atoms with Crippen LogP contribution in [0.15, 0.2) is 23.1 Å². The van der Waals surface area contributed by atoms with Gasteiger partial charge in [0.15, 0.2) is 9.84 Å². The lowest BCUT2D eigenvalue weighted by atomic mass is 10.4. The molecule has 4 nitrogen and oxygen atoms in total. The number of hydrogen-bond acceptors (Lipinski definition) is 4. The standard InChI is InChI=1S/C10H10Cl2O4S/c1-16-9(13)5-6-17(14,15)10-7(11)3-2-4-8(10)12/h2-4H,5-6H2,1H3. The fraction of sp³-hybridized carbons (Fsp3) is 0.300. The van der Waals surface area contributed by atoms with E-state index in [0.29, 0.717) is 0 Å². The van der Waals surface area contributed by atoms with Gasteiger partial charge < -0.3 is 4.74 Å². The normalized spacial score (nSPS) is 11.2. The molecule has 17 heavy (non-hydrogen) atoms. The third-order valence-electron chi connectivity index (χ3n) is 2.03. The minimum atomic E-state index is -3.69. The summed E-state index contributed by atoms with van der Waals surface area (Å²) in [5.74, 6) is -0.986. The van der Waals surface area contributed by atoms with Crippen LogP contribution in [0.5, 0.6) is 0 Å². The summed E-state index contributed by atoms with van der Waals surface area (Å²) in [6.07, 6.45) is -0.236. The molecule has 0 N–H and O–H groups in total. The van der Waals surface area contributed by atoms with Crippen molar-refractivity contribution in [3.8, 4) is 0 Å². The third kappa shape index (κ3) is 3.59. The maximum atomic E-state index is 11.9. The molecular weight excluding hydrogens is 287 g/mol. The van der Waals surface area contributed by atoms with E-state index in [1.807, 2.05) is 0 Å². The summed E-state index contributed by atoms with van der Waals surface area (Å²) >= 11 is 11.6. The molecule has 0 saturated heterocycles. The molecule has 1 aromatic carbocycles. The van der Waals surface area contributed by atoms with E-state index in [9.17, 15) is 13.2 Å². The summed E-state index contributed by atoms with van der Waals surface area (Å²) < 4.78 is 28.2. The number of methoxy groups -OCH3 is 1. The highest BCUT2D eigenvalue weighted by Gasteiger charge is 2.22. The van der Waals surface area contributed by atoms with Crippen LogP contribution in [0.25, 0.3) is 0 Å². The predicted molar refractivity (Wildman–Crippen MR) is 65.1 cm³/mol. The molecule has 0 bridgehead atoms. The largest absolute Gasteiger partial charge is 0.469 e. The van der Waals surface area contributed by atoms with E-state index >= 15 is 0 Å². The Morgan fingerprint density at radius 1 is 1.29 bits per heavy atom. The highest BCUT2D eigenvalue weighted by atomic mass is 35.5. The maximum absolute atomic E-state index is 11.9. The predicted octanol–water partition coefficient (Wildman–Crippen LogP) is 2.33. The first-order valence-electron chi connectivity index (χ1n) is 4.62. The molecule has 0 heterocycles. The molecule has 0 radical (unpaired) electrons. The van der Waals surface area contributed by atoms with E-state index in [-0.39, 0.29) is 27.1 Å². The summed E-state index contributed by atoms with van der Waals surface area (Å²) in [4.78, 5) is 10.8. The second-order valence-electron chi connectivity index (χ2n) is 3.20. The molecule has 7 heteroatoms.